The Kier molecular flexibility index (Phi) is 10.3. The van der Waals surface area contributed by atoms with Gasteiger partial charge in [-0.3, -0.25) is 4.79 Å². The molecule has 0 saturated carbocycles. The molecule has 0 aliphatic carbocycles. The van der Waals surface area contributed by atoms with Crippen LogP contribution in [0.4, 0.5) is 0 Å². The number of rotatable bonds is 14. The molecule has 0 fully saturated rings. The van der Waals surface area contributed by atoms with Gasteiger partial charge in [0.1, 0.15) is 18.0 Å². The van der Waals surface area contributed by atoms with Gasteiger partial charge in [0.2, 0.25) is 0 Å². The van der Waals surface area contributed by atoms with Crippen molar-refractivity contribution in [1.29, 1.82) is 0 Å². The van der Waals surface area contributed by atoms with Crippen molar-refractivity contribution in [3.05, 3.63) is 29.6 Å². The number of aryl methyl sites for hydroxylation is 2. The second-order valence-electron chi connectivity index (χ2n) is 7.93. The summed E-state index contributed by atoms with van der Waals surface area (Å²) in [5, 5.41) is 20.3. The number of aromatic nitrogens is 2. The minimum absolute atomic E-state index is 0.176. The zero-order valence-electron chi connectivity index (χ0n) is 18.3. The third-order valence-corrected chi connectivity index (χ3v) is 5.41. The Balaban J connectivity index is 1.84. The maximum atomic E-state index is 11.6. The van der Waals surface area contributed by atoms with Crippen LogP contribution < -0.4 is 5.73 Å². The molecule has 3 atom stereocenters. The Morgan fingerprint density at radius 1 is 1.13 bits per heavy atom. The lowest BCUT2D eigenvalue weighted by molar-refractivity contribution is -0.149. The molecule has 2 rings (SSSR count). The van der Waals surface area contributed by atoms with Crippen LogP contribution in [-0.4, -0.2) is 51.0 Å². The highest BCUT2D eigenvalue weighted by Crippen LogP contribution is 2.18. The molecule has 168 valence electrons. The smallest absolute Gasteiger partial charge is 0.325 e. The van der Waals surface area contributed by atoms with Crippen molar-refractivity contribution in [2.75, 3.05) is 6.61 Å². The molecule has 5 N–H and O–H groups in total. The van der Waals surface area contributed by atoms with E-state index in [9.17, 15) is 15.0 Å². The summed E-state index contributed by atoms with van der Waals surface area (Å²) < 4.78 is 4.79. The van der Waals surface area contributed by atoms with Crippen molar-refractivity contribution in [3.8, 4) is 0 Å². The first-order valence-corrected chi connectivity index (χ1v) is 11.2. The third kappa shape index (κ3) is 7.38. The van der Waals surface area contributed by atoms with Gasteiger partial charge >= 0.3 is 5.97 Å². The first kappa shape index (κ1) is 24.3. The number of nitrogens with zero attached hydrogens (tertiary/aromatic N) is 1. The molecule has 0 spiro atoms. The maximum Gasteiger partial charge on any atom is 0.325 e. The number of unbranched alkanes of at least 4 members (excludes halogenated alkanes) is 5. The molecule has 0 radical (unpaired) electrons. The third-order valence-electron chi connectivity index (χ3n) is 5.41. The number of carbonyl (C=O) groups excluding carboxylic acids is 1. The zero-order valence-corrected chi connectivity index (χ0v) is 18.3. The minimum atomic E-state index is -1.38. The fourth-order valence-corrected chi connectivity index (χ4v) is 3.57. The summed E-state index contributed by atoms with van der Waals surface area (Å²) in [7, 11) is 0. The number of benzene rings is 1. The van der Waals surface area contributed by atoms with E-state index in [2.05, 4.69) is 29.0 Å². The van der Waals surface area contributed by atoms with Gasteiger partial charge in [0.05, 0.1) is 23.7 Å². The standard InChI is InChI=1S/C23H37N3O4/c1-3-5-6-7-8-9-10-16-11-12-17-18(15-16)26-20(25-17)14-13-19(27)22(28)21(24)23(29)30-4-2/h11-12,15,19,21-22,27-28H,3-10,13-14,24H2,1-2H3,(H,25,26). The largest absolute Gasteiger partial charge is 0.465 e. The molecule has 1 heterocycles. The molecule has 7 heteroatoms. The number of fused-ring (bicyclic) bond motifs is 1. The molecule has 30 heavy (non-hydrogen) atoms. The van der Waals surface area contributed by atoms with Gasteiger partial charge in [0.15, 0.2) is 0 Å². The number of imidazole rings is 1. The molecule has 0 saturated heterocycles. The van der Waals surface area contributed by atoms with E-state index in [1.54, 1.807) is 6.92 Å². The molecule has 0 aliphatic rings. The Morgan fingerprint density at radius 3 is 2.60 bits per heavy atom. The van der Waals surface area contributed by atoms with Gasteiger partial charge in [0.25, 0.3) is 0 Å². The van der Waals surface area contributed by atoms with E-state index in [1.807, 2.05) is 6.07 Å². The van der Waals surface area contributed by atoms with Crippen LogP contribution in [0.15, 0.2) is 18.2 Å². The number of nitrogens with two attached hydrogens (primary N) is 1. The monoisotopic (exact) mass is 419 g/mol. The van der Waals surface area contributed by atoms with E-state index in [-0.39, 0.29) is 13.0 Å². The van der Waals surface area contributed by atoms with Gasteiger partial charge in [-0.2, -0.15) is 0 Å². The van der Waals surface area contributed by atoms with E-state index < -0.39 is 24.2 Å². The van der Waals surface area contributed by atoms with Gasteiger partial charge in [-0.05, 0) is 43.9 Å². The van der Waals surface area contributed by atoms with Crippen molar-refractivity contribution >= 4 is 17.0 Å². The van der Waals surface area contributed by atoms with Crippen LogP contribution in [0.1, 0.15) is 70.2 Å². The fraction of sp³-hybridized carbons (Fsp3) is 0.652. The Bertz CT molecular complexity index is 777. The van der Waals surface area contributed by atoms with Gasteiger partial charge in [-0.1, -0.05) is 45.1 Å². The minimum Gasteiger partial charge on any atom is -0.465 e. The number of ether oxygens (including phenoxy) is 1. The number of aromatic amines is 1. The molecular weight excluding hydrogens is 382 g/mol. The van der Waals surface area contributed by atoms with Crippen molar-refractivity contribution in [3.63, 3.8) is 0 Å². The van der Waals surface area contributed by atoms with E-state index in [0.717, 1.165) is 23.3 Å². The number of hydrogen-bond acceptors (Lipinski definition) is 6. The summed E-state index contributed by atoms with van der Waals surface area (Å²) in [6.45, 7) is 4.07. The molecule has 0 bridgehead atoms. The lowest BCUT2D eigenvalue weighted by Crippen LogP contribution is -2.49. The summed E-state index contributed by atoms with van der Waals surface area (Å²) in [5.74, 6) is 0.0170. The van der Waals surface area contributed by atoms with E-state index >= 15 is 0 Å². The highest BCUT2D eigenvalue weighted by atomic mass is 16.5. The zero-order chi connectivity index (χ0) is 21.9. The van der Waals surface area contributed by atoms with Crippen LogP contribution in [0.5, 0.6) is 0 Å². The van der Waals surface area contributed by atoms with Crippen molar-refractivity contribution in [2.24, 2.45) is 5.73 Å². The number of esters is 1. The van der Waals surface area contributed by atoms with E-state index in [1.165, 1.54) is 44.1 Å². The summed E-state index contributed by atoms with van der Waals surface area (Å²) in [6.07, 6.45) is 6.90. The quantitative estimate of drug-likeness (QED) is 0.276. The average Bonchev–Trinajstić information content (AvgIpc) is 3.15. The van der Waals surface area contributed by atoms with Crippen LogP contribution in [0.3, 0.4) is 0 Å². The number of aliphatic hydroxyl groups is 2. The number of H-pyrrole nitrogens is 1. The normalized spacial score (nSPS) is 14.6. The van der Waals surface area contributed by atoms with Crippen molar-refractivity contribution in [1.82, 2.24) is 9.97 Å². The van der Waals surface area contributed by atoms with Gasteiger partial charge < -0.3 is 25.7 Å². The fourth-order valence-electron chi connectivity index (χ4n) is 3.57. The Morgan fingerprint density at radius 2 is 1.87 bits per heavy atom. The number of carbonyl (C=O) groups is 1. The lowest BCUT2D eigenvalue weighted by Gasteiger charge is -2.22. The summed E-state index contributed by atoms with van der Waals surface area (Å²) in [6, 6.07) is 5.01. The summed E-state index contributed by atoms with van der Waals surface area (Å²) in [5.41, 5.74) is 8.82. The van der Waals surface area contributed by atoms with Crippen LogP contribution in [0, 0.1) is 0 Å². The van der Waals surface area contributed by atoms with Crippen LogP contribution >= 0.6 is 0 Å². The SMILES string of the molecule is CCCCCCCCc1ccc2nc(CCC(O)C(O)C(N)C(=O)OCC)[nH]c2c1. The van der Waals surface area contributed by atoms with Crippen LogP contribution in [0.2, 0.25) is 0 Å². The molecule has 1 aromatic heterocycles. The summed E-state index contributed by atoms with van der Waals surface area (Å²) >= 11 is 0. The van der Waals surface area contributed by atoms with Gasteiger partial charge in [-0.25, -0.2) is 4.98 Å². The summed E-state index contributed by atoms with van der Waals surface area (Å²) in [4.78, 5) is 19.5. The van der Waals surface area contributed by atoms with E-state index in [4.69, 9.17) is 10.5 Å². The topological polar surface area (TPSA) is 121 Å². The highest BCUT2D eigenvalue weighted by molar-refractivity contribution is 5.76. The average molecular weight is 420 g/mol. The molecular formula is C23H37N3O4. The second kappa shape index (κ2) is 12.7. The second-order valence-corrected chi connectivity index (χ2v) is 7.93. The Labute approximate surface area is 179 Å². The predicted octanol–water partition coefficient (Wildman–Crippen LogP) is 3.01. The first-order chi connectivity index (χ1) is 14.5. The molecule has 0 aliphatic heterocycles. The lowest BCUT2D eigenvalue weighted by atomic mass is 10.0. The predicted molar refractivity (Wildman–Crippen MR) is 118 cm³/mol. The van der Waals surface area contributed by atoms with Crippen LogP contribution in [-0.2, 0) is 22.4 Å². The molecule has 0 amide bonds. The van der Waals surface area contributed by atoms with Crippen molar-refractivity contribution in [2.45, 2.75) is 89.9 Å². The highest BCUT2D eigenvalue weighted by Gasteiger charge is 2.29. The van der Waals surface area contributed by atoms with Gasteiger partial charge in [-0.15, -0.1) is 0 Å². The molecule has 3 unspecified atom stereocenters. The number of aliphatic hydroxyl groups excluding tert-OH is 2. The molecule has 7 nitrogen and oxygen atoms in total. The van der Waals surface area contributed by atoms with Crippen LogP contribution in [0.25, 0.3) is 11.0 Å². The van der Waals surface area contributed by atoms with E-state index in [0.29, 0.717) is 6.42 Å². The molecule has 1 aromatic carbocycles. The number of nitrogens with one attached hydrogen (secondary N) is 1. The van der Waals surface area contributed by atoms with Crippen molar-refractivity contribution < 1.29 is 19.7 Å². The molecule has 2 aromatic rings. The Hall–Kier alpha value is -1.96. The maximum absolute atomic E-state index is 11.6. The number of hydrogen-bond donors (Lipinski definition) is 4. The van der Waals surface area contributed by atoms with Gasteiger partial charge in [0, 0.05) is 6.42 Å². The first-order valence-electron chi connectivity index (χ1n) is 11.2.